The molecule has 15 heteroatoms. The first-order valence-electron chi connectivity index (χ1n) is 9.15. The maximum Gasteiger partial charge on any atom is 0.326 e. The number of urea groups is 1. The number of carboxylic acid groups (broad SMARTS) is 2. The lowest BCUT2D eigenvalue weighted by molar-refractivity contribution is -0.147. The van der Waals surface area contributed by atoms with E-state index in [0.717, 1.165) is 4.90 Å². The Morgan fingerprint density at radius 3 is 2.42 bits per heavy atom. The van der Waals surface area contributed by atoms with Gasteiger partial charge < -0.3 is 35.8 Å². The summed E-state index contributed by atoms with van der Waals surface area (Å²) in [4.78, 5) is 69.6. The first-order valence-corrected chi connectivity index (χ1v) is 9.15. The highest BCUT2D eigenvalue weighted by molar-refractivity contribution is 5.96. The van der Waals surface area contributed by atoms with Gasteiger partial charge in [0.1, 0.15) is 18.2 Å². The van der Waals surface area contributed by atoms with Crippen LogP contribution < -0.4 is 16.0 Å². The number of carbonyl (C=O) groups excluding carboxylic acids is 4. The summed E-state index contributed by atoms with van der Waals surface area (Å²) in [5, 5.41) is 44.0. The van der Waals surface area contributed by atoms with Crippen molar-refractivity contribution in [1.29, 1.82) is 0 Å². The first kappa shape index (κ1) is 24.0. The lowest BCUT2D eigenvalue weighted by atomic mass is 10.1. The third-order valence-corrected chi connectivity index (χ3v) is 4.55. The van der Waals surface area contributed by atoms with E-state index < -0.39 is 79.1 Å². The first-order chi connectivity index (χ1) is 14.5. The third-order valence-electron chi connectivity index (χ3n) is 4.55. The number of carboxylic acids is 2. The maximum atomic E-state index is 12.2. The van der Waals surface area contributed by atoms with E-state index in [0.29, 0.717) is 0 Å². The molecule has 2 aliphatic heterocycles. The van der Waals surface area contributed by atoms with Crippen LogP contribution in [-0.2, 0) is 28.7 Å². The summed E-state index contributed by atoms with van der Waals surface area (Å²) in [7, 11) is 0. The standard InChI is InChI=1S/C16H22N4O11/c21-7(18-6(15(28)29)5-9(23)24)1-3-17-13(27)12-10(25)11(26)14(31-12)20-4-2-8(22)19-16(20)30/h6,10-12,14,25-26H,1-5H2,(H,17,27)(H,18,21)(H,23,24)(H,28,29)(H,19,22,30)/t6?,10-,11+,12-,14+/m0/s1. The van der Waals surface area contributed by atoms with Crippen LogP contribution in [0, 0.1) is 0 Å². The van der Waals surface area contributed by atoms with Crippen molar-refractivity contribution in [3.8, 4) is 0 Å². The molecule has 0 saturated carbocycles. The summed E-state index contributed by atoms with van der Waals surface area (Å²) in [5.74, 6) is -5.22. The topological polar surface area (TPSA) is 232 Å². The van der Waals surface area contributed by atoms with Crippen LogP contribution >= 0.6 is 0 Å². The molecule has 0 aromatic rings. The number of hydrogen-bond donors (Lipinski definition) is 7. The van der Waals surface area contributed by atoms with Crippen LogP contribution in [-0.4, -0.2) is 105 Å². The van der Waals surface area contributed by atoms with Crippen molar-refractivity contribution < 1.29 is 53.9 Å². The molecule has 5 atom stereocenters. The molecular formula is C16H22N4O11. The van der Waals surface area contributed by atoms with E-state index in [4.69, 9.17) is 14.9 Å². The zero-order chi connectivity index (χ0) is 23.3. The number of nitrogens with one attached hydrogen (secondary N) is 3. The quantitative estimate of drug-likeness (QED) is 0.180. The Balaban J connectivity index is 1.84. The second kappa shape index (κ2) is 10.1. The number of aliphatic carboxylic acids is 2. The van der Waals surface area contributed by atoms with Crippen LogP contribution in [0.5, 0.6) is 0 Å². The number of carbonyl (C=O) groups is 6. The molecule has 172 valence electrons. The number of imide groups is 1. The van der Waals surface area contributed by atoms with Gasteiger partial charge in [0.2, 0.25) is 11.8 Å². The van der Waals surface area contributed by atoms with E-state index in [1.807, 2.05) is 10.6 Å². The summed E-state index contributed by atoms with van der Waals surface area (Å²) in [6.07, 6.45) is -7.58. The summed E-state index contributed by atoms with van der Waals surface area (Å²) in [5.41, 5.74) is 0. The lowest BCUT2D eigenvalue weighted by Crippen LogP contribution is -2.56. The van der Waals surface area contributed by atoms with E-state index in [9.17, 15) is 39.0 Å². The van der Waals surface area contributed by atoms with Crippen molar-refractivity contribution in [2.45, 2.75) is 49.8 Å². The van der Waals surface area contributed by atoms with Crippen LogP contribution in [0.1, 0.15) is 19.3 Å². The number of aliphatic hydroxyl groups excluding tert-OH is 2. The van der Waals surface area contributed by atoms with E-state index in [2.05, 4.69) is 5.32 Å². The Morgan fingerprint density at radius 1 is 1.16 bits per heavy atom. The average molecular weight is 446 g/mol. The second-order valence-corrected chi connectivity index (χ2v) is 6.82. The Hall–Kier alpha value is -3.30. The van der Waals surface area contributed by atoms with Crippen LogP contribution in [0.25, 0.3) is 0 Å². The summed E-state index contributed by atoms with van der Waals surface area (Å²) in [6.45, 7) is -0.398. The van der Waals surface area contributed by atoms with Gasteiger partial charge in [-0.25, -0.2) is 9.59 Å². The molecule has 0 aliphatic carbocycles. The predicted molar refractivity (Wildman–Crippen MR) is 95.0 cm³/mol. The molecule has 0 bridgehead atoms. The van der Waals surface area contributed by atoms with Crippen molar-refractivity contribution in [1.82, 2.24) is 20.9 Å². The predicted octanol–water partition coefficient (Wildman–Crippen LogP) is -4.07. The van der Waals surface area contributed by atoms with Crippen LogP contribution in [0.15, 0.2) is 0 Å². The van der Waals surface area contributed by atoms with Crippen molar-refractivity contribution in [3.05, 3.63) is 0 Å². The van der Waals surface area contributed by atoms with Gasteiger partial charge in [-0.15, -0.1) is 0 Å². The molecule has 0 spiro atoms. The Kier molecular flexibility index (Phi) is 7.84. The Labute approximate surface area is 174 Å². The van der Waals surface area contributed by atoms with Crippen LogP contribution in [0.4, 0.5) is 4.79 Å². The van der Waals surface area contributed by atoms with Crippen molar-refractivity contribution >= 4 is 35.7 Å². The fraction of sp³-hybridized carbons (Fsp3) is 0.625. The molecule has 0 aromatic carbocycles. The number of rotatable bonds is 9. The minimum absolute atomic E-state index is 0.0559. The minimum Gasteiger partial charge on any atom is -0.481 e. The highest BCUT2D eigenvalue weighted by Crippen LogP contribution is 2.25. The molecule has 2 rings (SSSR count). The van der Waals surface area contributed by atoms with Crippen molar-refractivity contribution in [3.63, 3.8) is 0 Å². The largest absolute Gasteiger partial charge is 0.481 e. The van der Waals surface area contributed by atoms with Gasteiger partial charge in [-0.05, 0) is 0 Å². The lowest BCUT2D eigenvalue weighted by Gasteiger charge is -2.32. The molecule has 7 N–H and O–H groups in total. The smallest absolute Gasteiger partial charge is 0.326 e. The highest BCUT2D eigenvalue weighted by Gasteiger charge is 2.50. The number of ether oxygens (including phenoxy) is 1. The van der Waals surface area contributed by atoms with E-state index in [1.165, 1.54) is 0 Å². The van der Waals surface area contributed by atoms with Crippen LogP contribution in [0.2, 0.25) is 0 Å². The number of amides is 5. The summed E-state index contributed by atoms with van der Waals surface area (Å²) in [6, 6.07) is -2.49. The Bertz CT molecular complexity index is 773. The SMILES string of the molecule is O=C(O)CC(NC(=O)CCNC(=O)[C@H]1O[C@@H](N2CCC(=O)NC2=O)[C@H](O)[C@@H]1O)C(=O)O. The molecule has 0 radical (unpaired) electrons. The maximum absolute atomic E-state index is 12.2. The third kappa shape index (κ3) is 6.09. The zero-order valence-electron chi connectivity index (χ0n) is 16.0. The zero-order valence-corrected chi connectivity index (χ0v) is 16.0. The normalized spacial score (nSPS) is 26.7. The second-order valence-electron chi connectivity index (χ2n) is 6.82. The monoisotopic (exact) mass is 446 g/mol. The van der Waals surface area contributed by atoms with Crippen LogP contribution in [0.3, 0.4) is 0 Å². The number of hydrogen-bond acceptors (Lipinski definition) is 9. The van der Waals surface area contributed by atoms with Gasteiger partial charge in [-0.1, -0.05) is 0 Å². The molecule has 0 aromatic heterocycles. The summed E-state index contributed by atoms with van der Waals surface area (Å²) < 4.78 is 5.29. The van der Waals surface area contributed by atoms with E-state index in [-0.39, 0.29) is 19.5 Å². The van der Waals surface area contributed by atoms with Crippen molar-refractivity contribution in [2.75, 3.05) is 13.1 Å². The Morgan fingerprint density at radius 2 is 1.84 bits per heavy atom. The highest BCUT2D eigenvalue weighted by atomic mass is 16.6. The molecule has 2 saturated heterocycles. The van der Waals surface area contributed by atoms with Gasteiger partial charge in [0.05, 0.1) is 6.42 Å². The molecule has 2 heterocycles. The van der Waals surface area contributed by atoms with Gasteiger partial charge in [0.15, 0.2) is 12.3 Å². The summed E-state index contributed by atoms with van der Waals surface area (Å²) >= 11 is 0. The van der Waals surface area contributed by atoms with E-state index >= 15 is 0 Å². The molecule has 15 nitrogen and oxygen atoms in total. The molecule has 1 unspecified atom stereocenters. The fourth-order valence-corrected chi connectivity index (χ4v) is 2.99. The van der Waals surface area contributed by atoms with Gasteiger partial charge in [-0.3, -0.25) is 29.4 Å². The van der Waals surface area contributed by atoms with E-state index in [1.54, 1.807) is 0 Å². The number of nitrogens with zero attached hydrogens (tertiary/aromatic N) is 1. The van der Waals surface area contributed by atoms with Gasteiger partial charge in [0.25, 0.3) is 5.91 Å². The molecule has 2 aliphatic rings. The number of aliphatic hydroxyl groups is 2. The molecule has 5 amide bonds. The average Bonchev–Trinajstić information content (AvgIpc) is 2.96. The molecular weight excluding hydrogens is 424 g/mol. The van der Waals surface area contributed by atoms with Gasteiger partial charge in [-0.2, -0.15) is 0 Å². The minimum atomic E-state index is -1.70. The van der Waals surface area contributed by atoms with Crippen molar-refractivity contribution in [2.24, 2.45) is 0 Å². The molecule has 2 fully saturated rings. The van der Waals surface area contributed by atoms with Gasteiger partial charge in [0, 0.05) is 25.9 Å². The fourth-order valence-electron chi connectivity index (χ4n) is 2.99. The molecule has 31 heavy (non-hydrogen) atoms. The van der Waals surface area contributed by atoms with Gasteiger partial charge >= 0.3 is 18.0 Å².